The second kappa shape index (κ2) is 8.22. The molecule has 0 N–H and O–H groups in total. The Kier molecular flexibility index (Phi) is 6.73. The molecule has 29 heavy (non-hydrogen) atoms. The molecule has 7 atom stereocenters. The molecular weight excluding hydrogens is 388 g/mol. The Morgan fingerprint density at radius 1 is 1.00 bits per heavy atom. The summed E-state index contributed by atoms with van der Waals surface area (Å²) in [4.78, 5) is 0. The molecule has 0 aliphatic heterocycles. The van der Waals surface area contributed by atoms with Crippen LogP contribution in [0.5, 0.6) is 0 Å². The van der Waals surface area contributed by atoms with Crippen LogP contribution in [0.4, 0.5) is 0 Å². The van der Waals surface area contributed by atoms with E-state index in [1.54, 1.807) is 0 Å². The van der Waals surface area contributed by atoms with Gasteiger partial charge < -0.3 is 8.85 Å². The van der Waals surface area contributed by atoms with Crippen molar-refractivity contribution in [3.05, 3.63) is 12.2 Å². The molecule has 3 aliphatic rings. The lowest BCUT2D eigenvalue weighted by Gasteiger charge is -2.48. The Bertz CT molecular complexity index is 605. The summed E-state index contributed by atoms with van der Waals surface area (Å²) in [6.07, 6.45) is 14.7. The van der Waals surface area contributed by atoms with Crippen molar-refractivity contribution in [3.8, 4) is 0 Å². The summed E-state index contributed by atoms with van der Waals surface area (Å²) in [6, 6.07) is 0. The molecule has 168 valence electrons. The van der Waals surface area contributed by atoms with Gasteiger partial charge in [0.15, 0.2) is 16.6 Å². The Hall–Kier alpha value is 0.0938. The van der Waals surface area contributed by atoms with E-state index in [9.17, 15) is 0 Å². The minimum atomic E-state index is -1.51. The van der Waals surface area contributed by atoms with Crippen LogP contribution in [-0.4, -0.2) is 28.3 Å². The molecule has 0 aromatic carbocycles. The summed E-state index contributed by atoms with van der Waals surface area (Å²) >= 11 is 0. The molecule has 0 aromatic heterocycles. The van der Waals surface area contributed by atoms with Crippen molar-refractivity contribution in [2.45, 2.75) is 117 Å². The SMILES string of the molecule is C[C@H](C[C@H]1C=C[C@@](C)(O[Si](C)(C)C)C1)[C@H]1CCC2C(O[Si](C)(C)C)CCC[C@]21C. The first-order valence-electron chi connectivity index (χ1n) is 12.3. The molecule has 0 radical (unpaired) electrons. The molecule has 0 aromatic rings. The van der Waals surface area contributed by atoms with E-state index >= 15 is 0 Å². The number of rotatable bonds is 7. The predicted molar refractivity (Wildman–Crippen MR) is 130 cm³/mol. The van der Waals surface area contributed by atoms with Gasteiger partial charge in [0.05, 0.1) is 5.60 Å². The predicted octanol–water partition coefficient (Wildman–Crippen LogP) is 7.64. The Labute approximate surface area is 183 Å². The zero-order valence-electron chi connectivity index (χ0n) is 20.8. The van der Waals surface area contributed by atoms with Crippen molar-refractivity contribution >= 4 is 16.6 Å². The Morgan fingerprint density at radius 2 is 1.69 bits per heavy atom. The number of fused-ring (bicyclic) bond motifs is 1. The third-order valence-electron chi connectivity index (χ3n) is 7.93. The van der Waals surface area contributed by atoms with Crippen molar-refractivity contribution in [3.63, 3.8) is 0 Å². The summed E-state index contributed by atoms with van der Waals surface area (Å²) in [7, 11) is -2.99. The smallest absolute Gasteiger partial charge is 0.184 e. The van der Waals surface area contributed by atoms with Gasteiger partial charge in [-0.1, -0.05) is 32.4 Å². The van der Waals surface area contributed by atoms with Crippen LogP contribution >= 0.6 is 0 Å². The average Bonchev–Trinajstić information content (AvgIpc) is 3.04. The third-order valence-corrected chi connectivity index (χ3v) is 10.0. The van der Waals surface area contributed by atoms with E-state index in [1.165, 1.54) is 44.9 Å². The fraction of sp³-hybridized carbons (Fsp3) is 0.920. The lowest BCUT2D eigenvalue weighted by molar-refractivity contribution is -0.0199. The second-order valence-electron chi connectivity index (χ2n) is 13.0. The van der Waals surface area contributed by atoms with Crippen molar-refractivity contribution in [2.75, 3.05) is 0 Å². The quantitative estimate of drug-likeness (QED) is 0.301. The monoisotopic (exact) mass is 436 g/mol. The van der Waals surface area contributed by atoms with Crippen LogP contribution in [0.3, 0.4) is 0 Å². The van der Waals surface area contributed by atoms with E-state index in [2.05, 4.69) is 72.2 Å². The first-order valence-corrected chi connectivity index (χ1v) is 19.1. The molecule has 2 fully saturated rings. The van der Waals surface area contributed by atoms with E-state index in [0.29, 0.717) is 17.4 Å². The van der Waals surface area contributed by atoms with E-state index in [1.807, 2.05) is 0 Å². The van der Waals surface area contributed by atoms with Crippen LogP contribution in [0.2, 0.25) is 39.3 Å². The normalized spacial score (nSPS) is 41.6. The van der Waals surface area contributed by atoms with Gasteiger partial charge in [-0.05, 0) is 114 Å². The van der Waals surface area contributed by atoms with Gasteiger partial charge in [0, 0.05) is 6.10 Å². The molecular formula is C25H48O2Si2. The highest BCUT2D eigenvalue weighted by Crippen LogP contribution is 2.59. The second-order valence-corrected chi connectivity index (χ2v) is 21.9. The number of hydrogen-bond donors (Lipinski definition) is 0. The molecule has 2 unspecified atom stereocenters. The lowest BCUT2D eigenvalue weighted by Crippen LogP contribution is -2.46. The van der Waals surface area contributed by atoms with Crippen molar-refractivity contribution < 1.29 is 8.85 Å². The van der Waals surface area contributed by atoms with Crippen molar-refractivity contribution in [1.82, 2.24) is 0 Å². The largest absolute Gasteiger partial charge is 0.414 e. The maximum absolute atomic E-state index is 6.71. The lowest BCUT2D eigenvalue weighted by atomic mass is 9.61. The van der Waals surface area contributed by atoms with Gasteiger partial charge >= 0.3 is 0 Å². The molecule has 0 amide bonds. The standard InChI is InChI=1S/C25H48O2Si2/c1-19(17-20-14-16-24(2,18-20)27-29(7,8)9)21-12-13-22-23(26-28(4,5)6)11-10-15-25(21,22)3/h14,16,19-23H,10-13,15,17-18H2,1-9H3/t19-,20-,21-,22?,23?,24-,25+/m1/s1. The van der Waals surface area contributed by atoms with E-state index < -0.39 is 16.6 Å². The minimum Gasteiger partial charge on any atom is -0.414 e. The topological polar surface area (TPSA) is 18.5 Å². The van der Waals surface area contributed by atoms with Gasteiger partial charge in [-0.3, -0.25) is 0 Å². The van der Waals surface area contributed by atoms with Crippen LogP contribution < -0.4 is 0 Å². The maximum atomic E-state index is 6.71. The first-order chi connectivity index (χ1) is 13.2. The molecule has 0 heterocycles. The number of hydrogen-bond acceptors (Lipinski definition) is 2. The van der Waals surface area contributed by atoms with Crippen LogP contribution in [-0.2, 0) is 8.85 Å². The highest BCUT2D eigenvalue weighted by atomic mass is 28.4. The first kappa shape index (κ1) is 23.8. The highest BCUT2D eigenvalue weighted by Gasteiger charge is 2.53. The van der Waals surface area contributed by atoms with Crippen LogP contribution in [0.25, 0.3) is 0 Å². The Morgan fingerprint density at radius 3 is 2.31 bits per heavy atom. The van der Waals surface area contributed by atoms with Gasteiger partial charge in [-0.25, -0.2) is 0 Å². The molecule has 0 spiro atoms. The molecule has 3 aliphatic carbocycles. The zero-order valence-corrected chi connectivity index (χ0v) is 22.8. The molecule has 2 saturated carbocycles. The van der Waals surface area contributed by atoms with Gasteiger partial charge in [0.2, 0.25) is 0 Å². The van der Waals surface area contributed by atoms with E-state index in [4.69, 9.17) is 8.85 Å². The summed E-state index contributed by atoms with van der Waals surface area (Å²) < 4.78 is 13.2. The number of allylic oxidation sites excluding steroid dienone is 1. The molecule has 0 bridgehead atoms. The molecule has 0 saturated heterocycles. The summed E-state index contributed by atoms with van der Waals surface area (Å²) in [5.74, 6) is 3.12. The Balaban J connectivity index is 1.62. The fourth-order valence-corrected chi connectivity index (χ4v) is 10.0. The van der Waals surface area contributed by atoms with Crippen molar-refractivity contribution in [2.24, 2.45) is 29.1 Å². The average molecular weight is 437 g/mol. The van der Waals surface area contributed by atoms with Crippen molar-refractivity contribution in [1.29, 1.82) is 0 Å². The van der Waals surface area contributed by atoms with E-state index in [-0.39, 0.29) is 5.60 Å². The van der Waals surface area contributed by atoms with Crippen LogP contribution in [0, 0.1) is 29.1 Å². The van der Waals surface area contributed by atoms with Gasteiger partial charge in [-0.2, -0.15) is 0 Å². The van der Waals surface area contributed by atoms with Crippen LogP contribution in [0.15, 0.2) is 12.2 Å². The molecule has 4 heteroatoms. The summed E-state index contributed by atoms with van der Waals surface area (Å²) in [5, 5.41) is 0. The summed E-state index contributed by atoms with van der Waals surface area (Å²) in [6.45, 7) is 21.5. The van der Waals surface area contributed by atoms with E-state index in [0.717, 1.165) is 17.8 Å². The molecule has 2 nitrogen and oxygen atoms in total. The molecule has 3 rings (SSSR count). The zero-order chi connectivity index (χ0) is 21.7. The van der Waals surface area contributed by atoms with Gasteiger partial charge in [-0.15, -0.1) is 0 Å². The van der Waals surface area contributed by atoms with Gasteiger partial charge in [0.25, 0.3) is 0 Å². The third kappa shape index (κ3) is 5.67. The minimum absolute atomic E-state index is 0.0297. The highest BCUT2D eigenvalue weighted by molar-refractivity contribution is 6.70. The maximum Gasteiger partial charge on any atom is 0.184 e. The van der Waals surface area contributed by atoms with Crippen LogP contribution in [0.1, 0.15) is 65.7 Å². The fourth-order valence-electron chi connectivity index (χ4n) is 7.27. The summed E-state index contributed by atoms with van der Waals surface area (Å²) in [5.41, 5.74) is 0.459. The van der Waals surface area contributed by atoms with Gasteiger partial charge in [0.1, 0.15) is 0 Å².